The van der Waals surface area contributed by atoms with Crippen LogP contribution in [0.25, 0.3) is 33.5 Å². The third kappa shape index (κ3) is 2.55. The molecule has 6 rings (SSSR count). The predicted molar refractivity (Wildman–Crippen MR) is 125 cm³/mol. The molecule has 0 unspecified atom stereocenters. The molecule has 5 aromatic rings. The predicted octanol–water partition coefficient (Wildman–Crippen LogP) is 4.73. The van der Waals surface area contributed by atoms with Gasteiger partial charge in [0.05, 0.1) is 33.3 Å². The second-order valence-electron chi connectivity index (χ2n) is 9.21. The Hall–Kier alpha value is -3.09. The van der Waals surface area contributed by atoms with Gasteiger partial charge in [-0.15, -0.1) is 0 Å². The lowest BCUT2D eigenvalue weighted by atomic mass is 9.77. The van der Waals surface area contributed by atoms with Crippen LogP contribution in [0.3, 0.4) is 0 Å². The van der Waals surface area contributed by atoms with Crippen LogP contribution in [0, 0.1) is 0 Å². The molecule has 1 aliphatic heterocycles. The summed E-state index contributed by atoms with van der Waals surface area (Å²) >= 11 is 0. The van der Waals surface area contributed by atoms with Crippen molar-refractivity contribution in [2.45, 2.75) is 38.9 Å². The van der Waals surface area contributed by atoms with Crippen LogP contribution >= 0.6 is 0 Å². The third-order valence-electron chi connectivity index (χ3n) is 6.79. The standard InChI is InChI=1S/C25H24BN3O2/c1-24(2)25(3,4)31-26(30-24)17-11-5-7-13-19(17)28-21-15-9-10-16-22(21)29-20-14-8-6-12-18(20)27-23(28)29/h5-16H,1-4H3. The lowest BCUT2D eigenvalue weighted by Crippen LogP contribution is -2.41. The minimum atomic E-state index is -0.452. The van der Waals surface area contributed by atoms with Crippen LogP contribution < -0.4 is 5.46 Å². The van der Waals surface area contributed by atoms with Gasteiger partial charge >= 0.3 is 7.12 Å². The molecule has 1 saturated heterocycles. The fraction of sp³-hybridized carbons (Fsp3) is 0.240. The minimum Gasteiger partial charge on any atom is -0.399 e. The number of para-hydroxylation sites is 5. The van der Waals surface area contributed by atoms with Crippen molar-refractivity contribution >= 4 is 40.4 Å². The summed E-state index contributed by atoms with van der Waals surface area (Å²) in [5.74, 6) is 0.881. The summed E-state index contributed by atoms with van der Waals surface area (Å²) < 4.78 is 17.3. The summed E-state index contributed by atoms with van der Waals surface area (Å²) in [6.07, 6.45) is 0. The molecule has 31 heavy (non-hydrogen) atoms. The fourth-order valence-corrected chi connectivity index (χ4v) is 4.45. The Bertz CT molecular complexity index is 1450. The lowest BCUT2D eigenvalue weighted by molar-refractivity contribution is 0.00578. The highest BCUT2D eigenvalue weighted by atomic mass is 16.7. The Morgan fingerprint density at radius 1 is 0.710 bits per heavy atom. The van der Waals surface area contributed by atoms with Gasteiger partial charge in [-0.05, 0) is 58.0 Å². The Labute approximate surface area is 181 Å². The highest BCUT2D eigenvalue weighted by Crippen LogP contribution is 2.37. The molecule has 2 aromatic heterocycles. The summed E-state index contributed by atoms with van der Waals surface area (Å²) in [4.78, 5) is 5.00. The van der Waals surface area contributed by atoms with E-state index in [1.54, 1.807) is 0 Å². The average molecular weight is 409 g/mol. The molecule has 5 nitrogen and oxygen atoms in total. The van der Waals surface area contributed by atoms with Gasteiger partial charge in [0.1, 0.15) is 0 Å². The number of nitrogens with zero attached hydrogens (tertiary/aromatic N) is 3. The van der Waals surface area contributed by atoms with E-state index in [9.17, 15) is 0 Å². The zero-order chi connectivity index (χ0) is 21.4. The van der Waals surface area contributed by atoms with Gasteiger partial charge in [0.2, 0.25) is 5.78 Å². The van der Waals surface area contributed by atoms with E-state index in [1.807, 2.05) is 12.1 Å². The molecular weight excluding hydrogens is 385 g/mol. The molecule has 1 fully saturated rings. The fourth-order valence-electron chi connectivity index (χ4n) is 4.45. The number of hydrogen-bond acceptors (Lipinski definition) is 3. The Kier molecular flexibility index (Phi) is 3.74. The number of rotatable bonds is 2. The van der Waals surface area contributed by atoms with Crippen molar-refractivity contribution in [1.82, 2.24) is 14.0 Å². The maximum Gasteiger partial charge on any atom is 0.497 e. The number of aromatic nitrogens is 3. The number of benzene rings is 3. The van der Waals surface area contributed by atoms with Crippen LogP contribution in [-0.2, 0) is 9.31 Å². The lowest BCUT2D eigenvalue weighted by Gasteiger charge is -2.32. The smallest absolute Gasteiger partial charge is 0.399 e. The van der Waals surface area contributed by atoms with Crippen molar-refractivity contribution in [3.05, 3.63) is 72.8 Å². The first-order valence-electron chi connectivity index (χ1n) is 10.7. The van der Waals surface area contributed by atoms with Crippen LogP contribution in [-0.4, -0.2) is 32.3 Å². The number of imidazole rings is 2. The first kappa shape index (κ1) is 18.7. The summed E-state index contributed by atoms with van der Waals surface area (Å²) in [5.41, 5.74) is 5.50. The van der Waals surface area contributed by atoms with E-state index < -0.39 is 18.3 Å². The van der Waals surface area contributed by atoms with Gasteiger partial charge < -0.3 is 9.31 Å². The van der Waals surface area contributed by atoms with E-state index in [1.165, 1.54) is 0 Å². The molecule has 154 valence electrons. The Morgan fingerprint density at radius 3 is 2.03 bits per heavy atom. The summed E-state index contributed by atoms with van der Waals surface area (Å²) in [7, 11) is -0.452. The summed E-state index contributed by atoms with van der Waals surface area (Å²) in [6, 6.07) is 25.0. The third-order valence-corrected chi connectivity index (χ3v) is 6.79. The maximum atomic E-state index is 6.41. The van der Waals surface area contributed by atoms with E-state index >= 15 is 0 Å². The number of fused-ring (bicyclic) bond motifs is 5. The molecule has 6 heteroatoms. The second-order valence-corrected chi connectivity index (χ2v) is 9.21. The van der Waals surface area contributed by atoms with Gasteiger partial charge in [0.15, 0.2) is 0 Å². The van der Waals surface area contributed by atoms with E-state index in [4.69, 9.17) is 14.3 Å². The van der Waals surface area contributed by atoms with E-state index in [-0.39, 0.29) is 0 Å². The van der Waals surface area contributed by atoms with Gasteiger partial charge in [-0.2, -0.15) is 0 Å². The summed E-state index contributed by atoms with van der Waals surface area (Å²) in [5, 5.41) is 0. The molecule has 3 aromatic carbocycles. The molecular formula is C25H24BN3O2. The Balaban J connectivity index is 1.66. The van der Waals surface area contributed by atoms with E-state index in [0.29, 0.717) is 0 Å². The molecule has 0 radical (unpaired) electrons. The van der Waals surface area contributed by atoms with Gasteiger partial charge in [0.25, 0.3) is 0 Å². The second kappa shape index (κ2) is 6.22. The van der Waals surface area contributed by atoms with Crippen molar-refractivity contribution in [1.29, 1.82) is 0 Å². The molecule has 3 heterocycles. The Morgan fingerprint density at radius 2 is 1.29 bits per heavy atom. The first-order chi connectivity index (χ1) is 14.9. The molecule has 0 saturated carbocycles. The normalized spacial score (nSPS) is 17.9. The quantitative estimate of drug-likeness (QED) is 0.396. The van der Waals surface area contributed by atoms with Crippen LogP contribution in [0.15, 0.2) is 72.8 Å². The van der Waals surface area contributed by atoms with E-state index in [0.717, 1.165) is 39.0 Å². The van der Waals surface area contributed by atoms with Crippen LogP contribution in [0.1, 0.15) is 27.7 Å². The largest absolute Gasteiger partial charge is 0.497 e. The maximum absolute atomic E-state index is 6.41. The highest BCUT2D eigenvalue weighted by Gasteiger charge is 2.52. The molecule has 0 atom stereocenters. The molecule has 1 aliphatic rings. The van der Waals surface area contributed by atoms with Crippen molar-refractivity contribution in [2.24, 2.45) is 0 Å². The van der Waals surface area contributed by atoms with E-state index in [2.05, 4.69) is 97.3 Å². The molecule has 0 aliphatic carbocycles. The molecule has 0 N–H and O–H groups in total. The van der Waals surface area contributed by atoms with Crippen molar-refractivity contribution in [3.63, 3.8) is 0 Å². The highest BCUT2D eigenvalue weighted by molar-refractivity contribution is 6.63. The summed E-state index contributed by atoms with van der Waals surface area (Å²) in [6.45, 7) is 8.33. The average Bonchev–Trinajstić information content (AvgIpc) is 3.34. The zero-order valence-corrected chi connectivity index (χ0v) is 18.2. The van der Waals surface area contributed by atoms with Crippen molar-refractivity contribution < 1.29 is 9.31 Å². The zero-order valence-electron chi connectivity index (χ0n) is 18.2. The SMILES string of the molecule is CC1(C)OB(c2ccccc2-n2c3ccccc3n3c4ccccc4nc23)OC1(C)C. The van der Waals surface area contributed by atoms with Crippen LogP contribution in [0.5, 0.6) is 0 Å². The number of hydrogen-bond donors (Lipinski definition) is 0. The van der Waals surface area contributed by atoms with Crippen LogP contribution in [0.2, 0.25) is 0 Å². The monoisotopic (exact) mass is 409 g/mol. The van der Waals surface area contributed by atoms with Gasteiger partial charge in [-0.25, -0.2) is 4.98 Å². The van der Waals surface area contributed by atoms with Gasteiger partial charge in [-0.1, -0.05) is 42.5 Å². The first-order valence-corrected chi connectivity index (χ1v) is 10.7. The topological polar surface area (TPSA) is 40.7 Å². The molecule has 0 amide bonds. The van der Waals surface area contributed by atoms with Gasteiger partial charge in [-0.3, -0.25) is 8.97 Å². The van der Waals surface area contributed by atoms with Crippen LogP contribution in [0.4, 0.5) is 0 Å². The van der Waals surface area contributed by atoms with Gasteiger partial charge in [0, 0.05) is 11.2 Å². The molecule has 0 bridgehead atoms. The van der Waals surface area contributed by atoms with Crippen molar-refractivity contribution in [2.75, 3.05) is 0 Å². The van der Waals surface area contributed by atoms with Crippen molar-refractivity contribution in [3.8, 4) is 5.69 Å². The minimum absolute atomic E-state index is 0.402. The molecule has 0 spiro atoms.